The predicted octanol–water partition coefficient (Wildman–Crippen LogP) is 3.10. The van der Waals surface area contributed by atoms with E-state index in [4.69, 9.17) is 4.99 Å². The minimum Gasteiger partial charge on any atom is -0.357 e. The van der Waals surface area contributed by atoms with Crippen LogP contribution in [0.5, 0.6) is 0 Å². The second-order valence-electron chi connectivity index (χ2n) is 6.11. The summed E-state index contributed by atoms with van der Waals surface area (Å²) in [5.41, 5.74) is 0.661. The van der Waals surface area contributed by atoms with Gasteiger partial charge in [0, 0.05) is 26.2 Å². The maximum atomic E-state index is 4.75. The second-order valence-corrected chi connectivity index (χ2v) is 6.11. The standard InChI is InChI=1S/C14H27N3.HI/c1-4-15-13(16-10-12(2)3)17-9-8-14(11-17)6-5-7-14;/h12H,4-11H2,1-3H3,(H,15,16);1H. The van der Waals surface area contributed by atoms with Gasteiger partial charge in [0.15, 0.2) is 5.96 Å². The zero-order valence-electron chi connectivity index (χ0n) is 12.0. The molecule has 2 aliphatic rings. The van der Waals surface area contributed by atoms with Gasteiger partial charge in [0.25, 0.3) is 0 Å². The molecule has 1 aliphatic carbocycles. The number of rotatable bonds is 3. The Bertz CT molecular complexity index is 285. The number of aliphatic imine (C=N–C) groups is 1. The van der Waals surface area contributed by atoms with Gasteiger partial charge in [-0.25, -0.2) is 0 Å². The van der Waals surface area contributed by atoms with Crippen molar-refractivity contribution in [1.82, 2.24) is 10.2 Å². The highest BCUT2D eigenvalue weighted by atomic mass is 127. The maximum absolute atomic E-state index is 4.75. The molecule has 2 fully saturated rings. The van der Waals surface area contributed by atoms with Crippen LogP contribution in [0.1, 0.15) is 46.5 Å². The topological polar surface area (TPSA) is 27.6 Å². The monoisotopic (exact) mass is 365 g/mol. The molecular formula is C14H28IN3. The van der Waals surface area contributed by atoms with Crippen molar-refractivity contribution in [2.45, 2.75) is 46.5 Å². The summed E-state index contributed by atoms with van der Waals surface area (Å²) in [6, 6.07) is 0. The number of hydrogen-bond acceptors (Lipinski definition) is 1. The fraction of sp³-hybridized carbons (Fsp3) is 0.929. The predicted molar refractivity (Wildman–Crippen MR) is 88.7 cm³/mol. The molecule has 1 saturated carbocycles. The van der Waals surface area contributed by atoms with Crippen LogP contribution in [0.4, 0.5) is 0 Å². The van der Waals surface area contributed by atoms with Gasteiger partial charge in [-0.1, -0.05) is 20.3 Å². The van der Waals surface area contributed by atoms with Gasteiger partial charge in [-0.15, -0.1) is 24.0 Å². The molecule has 1 spiro atoms. The third kappa shape index (κ3) is 3.75. The molecule has 0 radical (unpaired) electrons. The Morgan fingerprint density at radius 2 is 2.06 bits per heavy atom. The molecule has 0 aromatic heterocycles. The lowest BCUT2D eigenvalue weighted by Crippen LogP contribution is -2.42. The molecule has 0 aromatic rings. The minimum absolute atomic E-state index is 0. The van der Waals surface area contributed by atoms with Crippen LogP contribution in [0.2, 0.25) is 0 Å². The molecule has 3 nitrogen and oxygen atoms in total. The average molecular weight is 365 g/mol. The Morgan fingerprint density at radius 3 is 2.50 bits per heavy atom. The zero-order chi connectivity index (χ0) is 12.3. The Labute approximate surface area is 129 Å². The van der Waals surface area contributed by atoms with Gasteiger partial charge in [-0.05, 0) is 37.5 Å². The van der Waals surface area contributed by atoms with E-state index in [1.54, 1.807) is 0 Å². The summed E-state index contributed by atoms with van der Waals surface area (Å²) in [5.74, 6) is 1.79. The SMILES string of the molecule is CCNC(=NCC(C)C)N1CCC2(CCC2)C1.I. The number of hydrogen-bond donors (Lipinski definition) is 1. The summed E-state index contributed by atoms with van der Waals surface area (Å²) in [7, 11) is 0. The quantitative estimate of drug-likeness (QED) is 0.473. The van der Waals surface area contributed by atoms with Crippen LogP contribution in [0.25, 0.3) is 0 Å². The van der Waals surface area contributed by atoms with E-state index in [-0.39, 0.29) is 24.0 Å². The van der Waals surface area contributed by atoms with E-state index in [1.807, 2.05) is 0 Å². The molecule has 4 heteroatoms. The van der Waals surface area contributed by atoms with E-state index < -0.39 is 0 Å². The first-order valence-electron chi connectivity index (χ1n) is 7.18. The molecule has 0 atom stereocenters. The van der Waals surface area contributed by atoms with E-state index in [0.717, 1.165) is 19.0 Å². The van der Waals surface area contributed by atoms with Crippen molar-refractivity contribution in [3.63, 3.8) is 0 Å². The van der Waals surface area contributed by atoms with Gasteiger partial charge in [0.05, 0.1) is 0 Å². The third-order valence-corrected chi connectivity index (χ3v) is 4.09. The van der Waals surface area contributed by atoms with Gasteiger partial charge in [0.2, 0.25) is 0 Å². The largest absolute Gasteiger partial charge is 0.357 e. The highest BCUT2D eigenvalue weighted by molar-refractivity contribution is 14.0. The van der Waals surface area contributed by atoms with Crippen LogP contribution in [0, 0.1) is 11.3 Å². The number of guanidine groups is 1. The molecule has 0 unspecified atom stereocenters. The van der Waals surface area contributed by atoms with Crippen molar-refractivity contribution in [2.24, 2.45) is 16.3 Å². The van der Waals surface area contributed by atoms with E-state index in [9.17, 15) is 0 Å². The molecule has 1 aliphatic heterocycles. The first-order valence-corrected chi connectivity index (χ1v) is 7.18. The van der Waals surface area contributed by atoms with E-state index >= 15 is 0 Å². The second kappa shape index (κ2) is 6.96. The van der Waals surface area contributed by atoms with Crippen LogP contribution in [-0.2, 0) is 0 Å². The van der Waals surface area contributed by atoms with Crippen molar-refractivity contribution in [1.29, 1.82) is 0 Å². The van der Waals surface area contributed by atoms with Crippen molar-refractivity contribution in [2.75, 3.05) is 26.2 Å². The Morgan fingerprint density at radius 1 is 1.33 bits per heavy atom. The first kappa shape index (κ1) is 16.1. The molecule has 1 heterocycles. The van der Waals surface area contributed by atoms with Crippen LogP contribution >= 0.6 is 24.0 Å². The lowest BCUT2D eigenvalue weighted by atomic mass is 9.68. The lowest BCUT2D eigenvalue weighted by molar-refractivity contribution is 0.151. The van der Waals surface area contributed by atoms with Gasteiger partial charge >= 0.3 is 0 Å². The summed E-state index contributed by atoms with van der Waals surface area (Å²) in [6.07, 6.45) is 5.69. The number of nitrogens with one attached hydrogen (secondary N) is 1. The molecule has 106 valence electrons. The van der Waals surface area contributed by atoms with E-state index in [2.05, 4.69) is 31.0 Å². The van der Waals surface area contributed by atoms with Crippen LogP contribution in [-0.4, -0.2) is 37.0 Å². The highest BCUT2D eigenvalue weighted by Crippen LogP contribution is 2.47. The molecular weight excluding hydrogens is 337 g/mol. The van der Waals surface area contributed by atoms with E-state index in [1.165, 1.54) is 38.8 Å². The van der Waals surface area contributed by atoms with Gasteiger partial charge < -0.3 is 10.2 Å². The summed E-state index contributed by atoms with van der Waals surface area (Å²) in [5, 5.41) is 3.44. The average Bonchev–Trinajstić information content (AvgIpc) is 2.68. The highest BCUT2D eigenvalue weighted by Gasteiger charge is 2.43. The Hall–Kier alpha value is 0. The van der Waals surface area contributed by atoms with Gasteiger partial charge in [-0.3, -0.25) is 4.99 Å². The van der Waals surface area contributed by atoms with Crippen LogP contribution < -0.4 is 5.32 Å². The summed E-state index contributed by atoms with van der Waals surface area (Å²) in [4.78, 5) is 7.23. The fourth-order valence-corrected chi connectivity index (χ4v) is 2.90. The van der Waals surface area contributed by atoms with Crippen molar-refractivity contribution in [3.8, 4) is 0 Å². The molecule has 0 bridgehead atoms. The number of likely N-dealkylation sites (tertiary alicyclic amines) is 1. The van der Waals surface area contributed by atoms with E-state index in [0.29, 0.717) is 11.3 Å². The Balaban J connectivity index is 0.00000162. The third-order valence-electron chi connectivity index (χ3n) is 4.09. The van der Waals surface area contributed by atoms with Gasteiger partial charge in [0.1, 0.15) is 0 Å². The van der Waals surface area contributed by atoms with Gasteiger partial charge in [-0.2, -0.15) is 0 Å². The molecule has 0 amide bonds. The smallest absolute Gasteiger partial charge is 0.193 e. The molecule has 1 saturated heterocycles. The van der Waals surface area contributed by atoms with Crippen LogP contribution in [0.3, 0.4) is 0 Å². The first-order chi connectivity index (χ1) is 8.15. The van der Waals surface area contributed by atoms with Crippen molar-refractivity contribution in [3.05, 3.63) is 0 Å². The van der Waals surface area contributed by atoms with Crippen molar-refractivity contribution < 1.29 is 0 Å². The molecule has 1 N–H and O–H groups in total. The zero-order valence-corrected chi connectivity index (χ0v) is 14.4. The molecule has 2 rings (SSSR count). The summed E-state index contributed by atoms with van der Waals surface area (Å²) < 4.78 is 0. The van der Waals surface area contributed by atoms with Crippen LogP contribution in [0.15, 0.2) is 4.99 Å². The normalized spacial score (nSPS) is 22.0. The number of nitrogens with zero attached hydrogens (tertiary/aromatic N) is 2. The fourth-order valence-electron chi connectivity index (χ4n) is 2.90. The Kier molecular flexibility index (Phi) is 6.21. The number of halogens is 1. The molecule has 18 heavy (non-hydrogen) atoms. The minimum atomic E-state index is 0. The summed E-state index contributed by atoms with van der Waals surface area (Å²) in [6.45, 7) is 10.9. The lowest BCUT2D eigenvalue weighted by Gasteiger charge is -2.38. The van der Waals surface area contributed by atoms with Crippen molar-refractivity contribution >= 4 is 29.9 Å². The molecule has 0 aromatic carbocycles. The summed E-state index contributed by atoms with van der Waals surface area (Å²) >= 11 is 0. The maximum Gasteiger partial charge on any atom is 0.193 e.